The first-order valence-electron chi connectivity index (χ1n) is 11.3. The number of anilines is 2. The van der Waals surface area contributed by atoms with Crippen molar-refractivity contribution in [3.05, 3.63) is 18.2 Å². The third-order valence-corrected chi connectivity index (χ3v) is 9.97. The number of benzene rings is 1. The number of hydrogen-bond donors (Lipinski definition) is 1. The van der Waals surface area contributed by atoms with Gasteiger partial charge in [-0.25, -0.2) is 8.42 Å². The molecule has 0 spiro atoms. The highest BCUT2D eigenvalue weighted by Gasteiger charge is 2.53. The Morgan fingerprint density at radius 1 is 1.19 bits per heavy atom. The third kappa shape index (κ3) is 4.36. The standard InChI is InChI=1S/C22H34N4O4S2/c1-6-24(7-2)18-11-10-16(32(29,30)25(8-3)9-4)14-17(18)23-21(28)19-15-31-22(5)13-12-20(27)26(19)22/h10-11,14,19H,6-9,12-13,15H2,1-5H3,(H,23,28). The van der Waals surface area contributed by atoms with Crippen LogP contribution in [0, 0.1) is 0 Å². The summed E-state index contributed by atoms with van der Waals surface area (Å²) < 4.78 is 27.6. The highest BCUT2D eigenvalue weighted by Crippen LogP contribution is 2.47. The van der Waals surface area contributed by atoms with Gasteiger partial charge in [0.15, 0.2) is 0 Å². The molecule has 178 valence electrons. The molecule has 2 unspecified atom stereocenters. The van der Waals surface area contributed by atoms with Crippen molar-refractivity contribution in [3.63, 3.8) is 0 Å². The van der Waals surface area contributed by atoms with E-state index < -0.39 is 16.1 Å². The second kappa shape index (κ2) is 9.61. The molecule has 0 saturated carbocycles. The second-order valence-corrected chi connectivity index (χ2v) is 11.6. The molecule has 0 radical (unpaired) electrons. The first kappa shape index (κ1) is 24.9. The number of hydrogen-bond acceptors (Lipinski definition) is 6. The first-order valence-corrected chi connectivity index (χ1v) is 13.7. The molecule has 3 rings (SSSR count). The molecule has 0 aliphatic carbocycles. The Kier molecular flexibility index (Phi) is 7.46. The van der Waals surface area contributed by atoms with E-state index in [-0.39, 0.29) is 21.6 Å². The molecule has 32 heavy (non-hydrogen) atoms. The number of nitrogens with zero attached hydrogens (tertiary/aromatic N) is 3. The second-order valence-electron chi connectivity index (χ2n) is 8.20. The number of fused-ring (bicyclic) bond motifs is 1. The van der Waals surface area contributed by atoms with E-state index in [9.17, 15) is 18.0 Å². The van der Waals surface area contributed by atoms with E-state index in [1.165, 1.54) is 4.31 Å². The van der Waals surface area contributed by atoms with Crippen LogP contribution in [0.4, 0.5) is 11.4 Å². The number of rotatable bonds is 9. The van der Waals surface area contributed by atoms with E-state index in [0.717, 1.165) is 12.1 Å². The minimum atomic E-state index is -3.67. The topological polar surface area (TPSA) is 90.0 Å². The molecule has 2 amide bonds. The lowest BCUT2D eigenvalue weighted by Gasteiger charge is -2.30. The Hall–Kier alpha value is -1.78. The van der Waals surface area contributed by atoms with Crippen molar-refractivity contribution in [1.29, 1.82) is 0 Å². The lowest BCUT2D eigenvalue weighted by atomic mass is 10.2. The molecule has 0 bridgehead atoms. The number of carbonyl (C=O) groups is 2. The summed E-state index contributed by atoms with van der Waals surface area (Å²) in [5.41, 5.74) is 1.22. The summed E-state index contributed by atoms with van der Waals surface area (Å²) >= 11 is 1.63. The fourth-order valence-corrected chi connectivity index (χ4v) is 7.48. The maximum Gasteiger partial charge on any atom is 0.248 e. The van der Waals surface area contributed by atoms with Gasteiger partial charge in [0.2, 0.25) is 21.8 Å². The number of thioether (sulfide) groups is 1. The molecule has 8 nitrogen and oxygen atoms in total. The van der Waals surface area contributed by atoms with Gasteiger partial charge in [-0.15, -0.1) is 11.8 Å². The van der Waals surface area contributed by atoms with Crippen LogP contribution < -0.4 is 10.2 Å². The van der Waals surface area contributed by atoms with Crippen molar-refractivity contribution in [1.82, 2.24) is 9.21 Å². The van der Waals surface area contributed by atoms with Crippen LogP contribution in [0.2, 0.25) is 0 Å². The molecular weight excluding hydrogens is 448 g/mol. The Labute approximate surface area is 195 Å². The fourth-order valence-electron chi connectivity index (χ4n) is 4.56. The highest BCUT2D eigenvalue weighted by molar-refractivity contribution is 8.01. The zero-order chi connectivity index (χ0) is 23.7. The van der Waals surface area contributed by atoms with Gasteiger partial charge in [0, 0.05) is 38.4 Å². The summed E-state index contributed by atoms with van der Waals surface area (Å²) in [6, 6.07) is 4.34. The van der Waals surface area contributed by atoms with Crippen molar-refractivity contribution in [2.24, 2.45) is 0 Å². The van der Waals surface area contributed by atoms with Gasteiger partial charge in [0.1, 0.15) is 6.04 Å². The summed E-state index contributed by atoms with van der Waals surface area (Å²) in [5.74, 6) is 0.258. The average Bonchev–Trinajstić information content (AvgIpc) is 3.26. The monoisotopic (exact) mass is 482 g/mol. The number of amides is 2. The van der Waals surface area contributed by atoms with Crippen molar-refractivity contribution in [2.45, 2.75) is 63.3 Å². The number of carbonyl (C=O) groups excluding carboxylic acids is 2. The van der Waals surface area contributed by atoms with Gasteiger partial charge in [-0.3, -0.25) is 9.59 Å². The molecule has 2 fully saturated rings. The predicted molar refractivity (Wildman–Crippen MR) is 129 cm³/mol. The molecule has 1 aromatic carbocycles. The van der Waals surface area contributed by atoms with Crippen LogP contribution in [0.25, 0.3) is 0 Å². The van der Waals surface area contributed by atoms with Crippen molar-refractivity contribution in [3.8, 4) is 0 Å². The first-order chi connectivity index (χ1) is 15.1. The number of nitrogens with one attached hydrogen (secondary N) is 1. The molecule has 2 heterocycles. The molecular formula is C22H34N4O4S2. The van der Waals surface area contributed by atoms with Gasteiger partial charge in [-0.05, 0) is 45.4 Å². The van der Waals surface area contributed by atoms with E-state index in [2.05, 4.69) is 10.2 Å². The zero-order valence-electron chi connectivity index (χ0n) is 19.6. The molecule has 2 atom stereocenters. The maximum absolute atomic E-state index is 13.3. The third-order valence-electron chi connectivity index (χ3n) is 6.42. The molecule has 10 heteroatoms. The molecule has 1 N–H and O–H groups in total. The van der Waals surface area contributed by atoms with Gasteiger partial charge >= 0.3 is 0 Å². The quantitative estimate of drug-likeness (QED) is 0.582. The van der Waals surface area contributed by atoms with Crippen LogP contribution in [0.5, 0.6) is 0 Å². The molecule has 1 aromatic rings. The van der Waals surface area contributed by atoms with Crippen LogP contribution in [0.3, 0.4) is 0 Å². The molecule has 2 aliphatic heterocycles. The smallest absolute Gasteiger partial charge is 0.248 e. The van der Waals surface area contributed by atoms with Crippen LogP contribution in [0.1, 0.15) is 47.5 Å². The fraction of sp³-hybridized carbons (Fsp3) is 0.636. The Morgan fingerprint density at radius 3 is 2.44 bits per heavy atom. The normalized spacial score (nSPS) is 23.0. The van der Waals surface area contributed by atoms with E-state index >= 15 is 0 Å². The minimum Gasteiger partial charge on any atom is -0.370 e. The Bertz CT molecular complexity index is 976. The van der Waals surface area contributed by atoms with Gasteiger partial charge in [-0.1, -0.05) is 13.8 Å². The Balaban J connectivity index is 1.97. The molecule has 2 saturated heterocycles. The molecule has 2 aliphatic rings. The van der Waals surface area contributed by atoms with E-state index in [4.69, 9.17) is 0 Å². The van der Waals surface area contributed by atoms with E-state index in [1.54, 1.807) is 48.7 Å². The number of sulfonamides is 1. The van der Waals surface area contributed by atoms with E-state index in [0.29, 0.717) is 44.0 Å². The lowest BCUT2D eigenvalue weighted by molar-refractivity contribution is -0.135. The van der Waals surface area contributed by atoms with Crippen LogP contribution in [-0.4, -0.2) is 72.3 Å². The minimum absolute atomic E-state index is 0.000483. The maximum atomic E-state index is 13.3. The van der Waals surface area contributed by atoms with E-state index in [1.807, 2.05) is 20.8 Å². The summed E-state index contributed by atoms with van der Waals surface area (Å²) in [7, 11) is -3.67. The van der Waals surface area contributed by atoms with Crippen LogP contribution in [-0.2, 0) is 19.6 Å². The van der Waals surface area contributed by atoms with Gasteiger partial charge in [-0.2, -0.15) is 4.31 Å². The highest BCUT2D eigenvalue weighted by atomic mass is 32.2. The average molecular weight is 483 g/mol. The summed E-state index contributed by atoms with van der Waals surface area (Å²) in [6.45, 7) is 11.8. The van der Waals surface area contributed by atoms with Crippen molar-refractivity contribution < 1.29 is 18.0 Å². The van der Waals surface area contributed by atoms with Crippen molar-refractivity contribution >= 4 is 45.0 Å². The predicted octanol–water partition coefficient (Wildman–Crippen LogP) is 2.96. The Morgan fingerprint density at radius 2 is 1.84 bits per heavy atom. The summed E-state index contributed by atoms with van der Waals surface area (Å²) in [5, 5.41) is 2.97. The SMILES string of the molecule is CCN(CC)c1ccc(S(=O)(=O)N(CC)CC)cc1NC(=O)C1CSC2(C)CCC(=O)N12. The van der Waals surface area contributed by atoms with Gasteiger partial charge in [0.25, 0.3) is 0 Å². The largest absolute Gasteiger partial charge is 0.370 e. The van der Waals surface area contributed by atoms with Gasteiger partial charge < -0.3 is 15.1 Å². The van der Waals surface area contributed by atoms with Crippen molar-refractivity contribution in [2.75, 3.05) is 42.1 Å². The summed E-state index contributed by atoms with van der Waals surface area (Å²) in [4.78, 5) is 29.4. The zero-order valence-corrected chi connectivity index (χ0v) is 21.2. The van der Waals surface area contributed by atoms with Gasteiger partial charge in [0.05, 0.1) is 21.1 Å². The lowest BCUT2D eigenvalue weighted by Crippen LogP contribution is -2.48. The van der Waals surface area contributed by atoms with Crippen LogP contribution in [0.15, 0.2) is 23.1 Å². The van der Waals surface area contributed by atoms with Crippen LogP contribution >= 0.6 is 11.8 Å². The molecule has 0 aromatic heterocycles. The summed E-state index contributed by atoms with van der Waals surface area (Å²) in [6.07, 6.45) is 1.19.